The van der Waals surface area contributed by atoms with Crippen molar-refractivity contribution in [2.45, 2.75) is 19.9 Å². The van der Waals surface area contributed by atoms with Gasteiger partial charge in [-0.2, -0.15) is 0 Å². The molecule has 0 heterocycles. The van der Waals surface area contributed by atoms with E-state index in [1.165, 1.54) is 12.1 Å². The summed E-state index contributed by atoms with van der Waals surface area (Å²) in [5.74, 6) is -1.45. The van der Waals surface area contributed by atoms with E-state index in [9.17, 15) is 14.0 Å². The summed E-state index contributed by atoms with van der Waals surface area (Å²) >= 11 is 5.69. The zero-order chi connectivity index (χ0) is 14.6. The van der Waals surface area contributed by atoms with Gasteiger partial charge in [0.25, 0.3) is 0 Å². The molecule has 0 aliphatic rings. The van der Waals surface area contributed by atoms with Gasteiger partial charge in [0, 0.05) is 5.02 Å². The Balaban J connectivity index is 2.74. The fourth-order valence-electron chi connectivity index (χ4n) is 1.46. The maximum Gasteiger partial charge on any atom is 0.319 e. The van der Waals surface area contributed by atoms with Gasteiger partial charge in [0.15, 0.2) is 0 Å². The number of benzene rings is 1. The summed E-state index contributed by atoms with van der Waals surface area (Å²) in [7, 11) is 0. The minimum atomic E-state index is -0.831. The van der Waals surface area contributed by atoms with E-state index < -0.39 is 23.8 Å². The summed E-state index contributed by atoms with van der Waals surface area (Å²) in [5, 5.41) is 4.93. The van der Waals surface area contributed by atoms with Crippen molar-refractivity contribution in [1.82, 2.24) is 5.32 Å². The van der Waals surface area contributed by atoms with Crippen LogP contribution in [0.25, 0.3) is 0 Å². The third-order valence-corrected chi connectivity index (χ3v) is 2.67. The van der Waals surface area contributed by atoms with Crippen LogP contribution in [0.2, 0.25) is 5.02 Å². The minimum absolute atomic E-state index is 0.0722. The number of nitrogens with one attached hydrogen (secondary N) is 2. The van der Waals surface area contributed by atoms with Crippen molar-refractivity contribution >= 4 is 29.2 Å². The van der Waals surface area contributed by atoms with Crippen molar-refractivity contribution < 1.29 is 14.0 Å². The van der Waals surface area contributed by atoms with E-state index in [0.717, 1.165) is 6.07 Å². The Hall–Kier alpha value is -1.82. The van der Waals surface area contributed by atoms with Crippen molar-refractivity contribution in [2.24, 2.45) is 11.7 Å². The predicted octanol–water partition coefficient (Wildman–Crippen LogP) is 2.11. The van der Waals surface area contributed by atoms with Gasteiger partial charge < -0.3 is 16.4 Å². The lowest BCUT2D eigenvalue weighted by molar-refractivity contribution is -0.120. The molecule has 1 aromatic carbocycles. The molecular formula is C12H15ClFN3O2. The molecule has 0 saturated carbocycles. The number of carbonyl (C=O) groups excluding carboxylic acids is 2. The van der Waals surface area contributed by atoms with Gasteiger partial charge in [0.2, 0.25) is 5.91 Å². The monoisotopic (exact) mass is 287 g/mol. The standard InChI is InChI=1S/C12H15ClFN3O2/c1-6(2)10(11(15)18)17-12(19)16-9-5-7(13)3-4-8(9)14/h3-6,10H,1-2H3,(H2,15,18)(H2,16,17,19). The Morgan fingerprint density at radius 2 is 2.00 bits per heavy atom. The van der Waals surface area contributed by atoms with Crippen LogP contribution in [0.15, 0.2) is 18.2 Å². The molecule has 5 nitrogen and oxygen atoms in total. The SMILES string of the molecule is CC(C)C(NC(=O)Nc1cc(Cl)ccc1F)C(N)=O. The number of primary amides is 1. The molecule has 0 bridgehead atoms. The number of amides is 3. The first-order valence-electron chi connectivity index (χ1n) is 5.63. The molecule has 0 saturated heterocycles. The van der Waals surface area contributed by atoms with Gasteiger partial charge in [-0.3, -0.25) is 4.79 Å². The smallest absolute Gasteiger partial charge is 0.319 e. The summed E-state index contributed by atoms with van der Waals surface area (Å²) in [6, 6.07) is 2.21. The first-order valence-corrected chi connectivity index (χ1v) is 6.01. The van der Waals surface area contributed by atoms with Gasteiger partial charge in [0.1, 0.15) is 11.9 Å². The normalized spacial score (nSPS) is 12.1. The molecular weight excluding hydrogens is 273 g/mol. The highest BCUT2D eigenvalue weighted by molar-refractivity contribution is 6.30. The van der Waals surface area contributed by atoms with Gasteiger partial charge in [0.05, 0.1) is 5.69 Å². The van der Waals surface area contributed by atoms with E-state index >= 15 is 0 Å². The average Bonchev–Trinajstić information content (AvgIpc) is 2.30. The Kier molecular flexibility index (Phi) is 5.11. The van der Waals surface area contributed by atoms with E-state index in [4.69, 9.17) is 17.3 Å². The van der Waals surface area contributed by atoms with E-state index in [-0.39, 0.29) is 16.6 Å². The molecule has 0 fully saturated rings. The quantitative estimate of drug-likeness (QED) is 0.792. The fraction of sp³-hybridized carbons (Fsp3) is 0.333. The van der Waals surface area contributed by atoms with Crippen LogP contribution in [0.3, 0.4) is 0 Å². The van der Waals surface area contributed by atoms with Crippen LogP contribution < -0.4 is 16.4 Å². The molecule has 7 heteroatoms. The maximum absolute atomic E-state index is 13.4. The Labute approximate surface area is 115 Å². The maximum atomic E-state index is 13.4. The second-order valence-electron chi connectivity index (χ2n) is 4.35. The number of rotatable bonds is 4. The van der Waals surface area contributed by atoms with Crippen molar-refractivity contribution in [3.63, 3.8) is 0 Å². The Morgan fingerprint density at radius 1 is 1.37 bits per heavy atom. The van der Waals surface area contributed by atoms with Gasteiger partial charge in [-0.15, -0.1) is 0 Å². The van der Waals surface area contributed by atoms with Crippen molar-refractivity contribution in [3.05, 3.63) is 29.0 Å². The van der Waals surface area contributed by atoms with Gasteiger partial charge in [-0.25, -0.2) is 9.18 Å². The predicted molar refractivity (Wildman–Crippen MR) is 71.4 cm³/mol. The van der Waals surface area contributed by atoms with Crippen LogP contribution in [0, 0.1) is 11.7 Å². The number of anilines is 1. The zero-order valence-electron chi connectivity index (χ0n) is 10.5. The third-order valence-electron chi connectivity index (χ3n) is 2.44. The molecule has 1 aromatic rings. The molecule has 0 radical (unpaired) electrons. The van der Waals surface area contributed by atoms with Crippen molar-refractivity contribution in [3.8, 4) is 0 Å². The molecule has 3 amide bonds. The highest BCUT2D eigenvalue weighted by Gasteiger charge is 2.21. The molecule has 1 rings (SSSR count). The van der Waals surface area contributed by atoms with Crippen LogP contribution in [-0.4, -0.2) is 18.0 Å². The first kappa shape index (κ1) is 15.2. The molecule has 19 heavy (non-hydrogen) atoms. The van der Waals surface area contributed by atoms with E-state index in [1.54, 1.807) is 13.8 Å². The van der Waals surface area contributed by atoms with Crippen molar-refractivity contribution in [1.29, 1.82) is 0 Å². The number of hydrogen-bond acceptors (Lipinski definition) is 2. The average molecular weight is 288 g/mol. The number of nitrogens with two attached hydrogens (primary N) is 1. The van der Waals surface area contributed by atoms with Crippen molar-refractivity contribution in [2.75, 3.05) is 5.32 Å². The fourth-order valence-corrected chi connectivity index (χ4v) is 1.63. The second kappa shape index (κ2) is 6.38. The molecule has 0 aliphatic heterocycles. The van der Waals surface area contributed by atoms with E-state index in [0.29, 0.717) is 0 Å². The highest BCUT2D eigenvalue weighted by Crippen LogP contribution is 2.19. The summed E-state index contributed by atoms with van der Waals surface area (Å²) in [4.78, 5) is 22.8. The van der Waals surface area contributed by atoms with Gasteiger partial charge in [-0.05, 0) is 24.1 Å². The highest BCUT2D eigenvalue weighted by atomic mass is 35.5. The number of urea groups is 1. The van der Waals surface area contributed by atoms with Gasteiger partial charge >= 0.3 is 6.03 Å². The topological polar surface area (TPSA) is 84.2 Å². The van der Waals surface area contributed by atoms with Gasteiger partial charge in [-0.1, -0.05) is 25.4 Å². The summed E-state index contributed by atoms with van der Waals surface area (Å²) in [5.41, 5.74) is 5.08. The number of halogens is 2. The lowest BCUT2D eigenvalue weighted by atomic mass is 10.0. The molecule has 1 atom stereocenters. The molecule has 0 aromatic heterocycles. The lowest BCUT2D eigenvalue weighted by Crippen LogP contribution is -2.49. The number of carbonyl (C=O) groups is 2. The van der Waals surface area contributed by atoms with Crippen LogP contribution in [0.1, 0.15) is 13.8 Å². The molecule has 0 spiro atoms. The largest absolute Gasteiger partial charge is 0.368 e. The summed E-state index contributed by atoms with van der Waals surface area (Å²) in [6.07, 6.45) is 0. The summed E-state index contributed by atoms with van der Waals surface area (Å²) < 4.78 is 13.4. The first-order chi connectivity index (χ1) is 8.81. The molecule has 104 valence electrons. The van der Waals surface area contributed by atoms with Crippen LogP contribution in [0.5, 0.6) is 0 Å². The minimum Gasteiger partial charge on any atom is -0.368 e. The van der Waals surface area contributed by atoms with E-state index in [2.05, 4.69) is 10.6 Å². The van der Waals surface area contributed by atoms with Crippen LogP contribution in [-0.2, 0) is 4.79 Å². The Morgan fingerprint density at radius 3 is 2.53 bits per heavy atom. The Bertz CT molecular complexity index is 494. The van der Waals surface area contributed by atoms with Crippen LogP contribution >= 0.6 is 11.6 Å². The third kappa shape index (κ3) is 4.40. The zero-order valence-corrected chi connectivity index (χ0v) is 11.3. The van der Waals surface area contributed by atoms with E-state index in [1.807, 2.05) is 0 Å². The molecule has 4 N–H and O–H groups in total. The number of hydrogen-bond donors (Lipinski definition) is 3. The molecule has 0 aliphatic carbocycles. The second-order valence-corrected chi connectivity index (χ2v) is 4.78. The summed E-state index contributed by atoms with van der Waals surface area (Å²) in [6.45, 7) is 3.46. The molecule has 1 unspecified atom stereocenters. The lowest BCUT2D eigenvalue weighted by Gasteiger charge is -2.19. The van der Waals surface area contributed by atoms with Crippen LogP contribution in [0.4, 0.5) is 14.9 Å².